The van der Waals surface area contributed by atoms with E-state index in [9.17, 15) is 9.90 Å². The van der Waals surface area contributed by atoms with Crippen LogP contribution < -0.4 is 5.32 Å². The number of nitrogens with one attached hydrogen (secondary N) is 1. The Hall–Kier alpha value is -2.22. The number of carbonyl (C=O) groups is 1. The maximum absolute atomic E-state index is 12.4. The first-order valence-electron chi connectivity index (χ1n) is 9.47. The average Bonchev–Trinajstić information content (AvgIpc) is 3.39. The van der Waals surface area contributed by atoms with Gasteiger partial charge in [-0.1, -0.05) is 12.8 Å². The fourth-order valence-electron chi connectivity index (χ4n) is 4.34. The molecule has 2 saturated carbocycles. The Kier molecular flexibility index (Phi) is 4.76. The summed E-state index contributed by atoms with van der Waals surface area (Å²) >= 11 is 0. The molecule has 0 saturated heterocycles. The molecular formula is C18H26N6O2. The molecule has 0 spiro atoms. The van der Waals surface area contributed by atoms with Gasteiger partial charge in [0.25, 0.3) is 5.91 Å². The van der Waals surface area contributed by atoms with Crippen molar-refractivity contribution in [2.24, 2.45) is 13.0 Å². The van der Waals surface area contributed by atoms with Crippen LogP contribution in [0.5, 0.6) is 0 Å². The summed E-state index contributed by atoms with van der Waals surface area (Å²) in [6, 6.07) is 2.21. The van der Waals surface area contributed by atoms with Gasteiger partial charge >= 0.3 is 0 Å². The van der Waals surface area contributed by atoms with Crippen molar-refractivity contribution in [2.45, 2.75) is 56.6 Å². The van der Waals surface area contributed by atoms with Crippen molar-refractivity contribution in [3.63, 3.8) is 0 Å². The van der Waals surface area contributed by atoms with Crippen molar-refractivity contribution < 1.29 is 9.90 Å². The highest BCUT2D eigenvalue weighted by Crippen LogP contribution is 2.37. The minimum Gasteiger partial charge on any atom is -0.393 e. The van der Waals surface area contributed by atoms with Crippen molar-refractivity contribution >= 4 is 5.91 Å². The Morgan fingerprint density at radius 3 is 2.88 bits per heavy atom. The fraction of sp³-hybridized carbons (Fsp3) is 0.667. The summed E-state index contributed by atoms with van der Waals surface area (Å²) < 4.78 is 3.82. The summed E-state index contributed by atoms with van der Waals surface area (Å²) in [6.07, 6.45) is 9.34. The molecule has 2 aromatic heterocycles. The number of hydrogen-bond acceptors (Lipinski definition) is 5. The summed E-state index contributed by atoms with van der Waals surface area (Å²) in [4.78, 5) is 12.4. The third-order valence-electron chi connectivity index (χ3n) is 5.83. The number of hydrogen-bond donors (Lipinski definition) is 2. The van der Waals surface area contributed by atoms with E-state index in [2.05, 4.69) is 20.6 Å². The number of aromatic nitrogens is 5. The molecule has 8 nitrogen and oxygen atoms in total. The quantitative estimate of drug-likeness (QED) is 0.842. The van der Waals surface area contributed by atoms with E-state index in [1.165, 1.54) is 12.8 Å². The van der Waals surface area contributed by atoms with Crippen molar-refractivity contribution in [1.29, 1.82) is 0 Å². The van der Waals surface area contributed by atoms with Gasteiger partial charge in [0.15, 0.2) is 0 Å². The first-order chi connectivity index (χ1) is 12.6. The lowest BCUT2D eigenvalue weighted by Gasteiger charge is -2.14. The maximum atomic E-state index is 12.4. The summed E-state index contributed by atoms with van der Waals surface area (Å²) in [5.74, 6) is 0.933. The van der Waals surface area contributed by atoms with Crippen LogP contribution in [-0.2, 0) is 7.05 Å². The van der Waals surface area contributed by atoms with E-state index in [4.69, 9.17) is 0 Å². The van der Waals surface area contributed by atoms with Gasteiger partial charge in [-0.25, -0.2) is 0 Å². The molecular weight excluding hydrogens is 332 g/mol. The van der Waals surface area contributed by atoms with Gasteiger partial charge in [-0.05, 0) is 31.7 Å². The van der Waals surface area contributed by atoms with Crippen molar-refractivity contribution in [1.82, 2.24) is 29.9 Å². The van der Waals surface area contributed by atoms with Crippen LogP contribution >= 0.6 is 0 Å². The van der Waals surface area contributed by atoms with Crippen LogP contribution in [0.3, 0.4) is 0 Å². The predicted molar refractivity (Wildman–Crippen MR) is 94.5 cm³/mol. The minimum absolute atomic E-state index is 0.0255. The molecule has 2 aliphatic rings. The van der Waals surface area contributed by atoms with Crippen molar-refractivity contribution in [2.75, 3.05) is 6.54 Å². The van der Waals surface area contributed by atoms with Crippen LogP contribution in [0, 0.1) is 5.92 Å². The van der Waals surface area contributed by atoms with E-state index in [0.717, 1.165) is 25.1 Å². The van der Waals surface area contributed by atoms with Gasteiger partial charge in [-0.15, -0.1) is 10.2 Å². The van der Waals surface area contributed by atoms with Crippen LogP contribution in [0.2, 0.25) is 0 Å². The minimum atomic E-state index is -0.437. The van der Waals surface area contributed by atoms with E-state index in [-0.39, 0.29) is 17.7 Å². The zero-order valence-electron chi connectivity index (χ0n) is 15.1. The Morgan fingerprint density at radius 2 is 2.15 bits per heavy atom. The summed E-state index contributed by atoms with van der Waals surface area (Å²) in [5, 5.41) is 25.8. The SMILES string of the molecule is Cn1cnnc1[C@H]1C[C@H](CNC(=O)c2ccn(C3CCCC3)n2)[C@H](O)C1. The predicted octanol–water partition coefficient (Wildman–Crippen LogP) is 1.41. The van der Waals surface area contributed by atoms with Crippen LogP contribution in [0.25, 0.3) is 0 Å². The Bertz CT molecular complexity index is 763. The van der Waals surface area contributed by atoms with Gasteiger partial charge in [0.2, 0.25) is 0 Å². The Balaban J connectivity index is 1.32. The van der Waals surface area contributed by atoms with Gasteiger partial charge in [-0.2, -0.15) is 5.10 Å². The lowest BCUT2D eigenvalue weighted by Crippen LogP contribution is -2.32. The Morgan fingerprint density at radius 1 is 1.35 bits per heavy atom. The summed E-state index contributed by atoms with van der Waals surface area (Å²) in [5.41, 5.74) is 0.453. The standard InChI is InChI=1S/C18H26N6O2/c1-23-11-20-21-17(23)12-8-13(16(25)9-12)10-19-18(26)15-6-7-24(22-15)14-4-2-3-5-14/h6-7,11-14,16,25H,2-5,8-10H2,1H3,(H,19,26)/t12-,13+,16+/m0/s1. The number of rotatable bonds is 5. The average molecular weight is 358 g/mol. The zero-order chi connectivity index (χ0) is 18.1. The topological polar surface area (TPSA) is 97.9 Å². The van der Waals surface area contributed by atoms with E-state index in [0.29, 0.717) is 24.7 Å². The normalized spacial score (nSPS) is 26.5. The highest BCUT2D eigenvalue weighted by molar-refractivity contribution is 5.92. The molecule has 3 atom stereocenters. The van der Waals surface area contributed by atoms with E-state index < -0.39 is 6.10 Å². The number of amides is 1. The van der Waals surface area contributed by atoms with Crippen molar-refractivity contribution in [3.05, 3.63) is 30.1 Å². The lowest BCUT2D eigenvalue weighted by molar-refractivity contribution is 0.0911. The molecule has 8 heteroatoms. The molecule has 26 heavy (non-hydrogen) atoms. The van der Waals surface area contributed by atoms with Crippen LogP contribution in [0.1, 0.15) is 66.8 Å². The summed E-state index contributed by atoms with van der Waals surface area (Å²) in [7, 11) is 1.91. The fourth-order valence-corrected chi connectivity index (χ4v) is 4.34. The van der Waals surface area contributed by atoms with Crippen LogP contribution in [-0.4, -0.2) is 48.2 Å². The highest BCUT2D eigenvalue weighted by Gasteiger charge is 2.36. The highest BCUT2D eigenvalue weighted by atomic mass is 16.3. The van der Waals surface area contributed by atoms with E-state index in [1.54, 1.807) is 12.4 Å². The van der Waals surface area contributed by atoms with E-state index in [1.807, 2.05) is 22.5 Å². The zero-order valence-corrected chi connectivity index (χ0v) is 15.1. The largest absolute Gasteiger partial charge is 0.393 e. The molecule has 0 radical (unpaired) electrons. The molecule has 0 unspecified atom stereocenters. The van der Waals surface area contributed by atoms with Crippen LogP contribution in [0.15, 0.2) is 18.6 Å². The molecule has 1 amide bonds. The number of carbonyl (C=O) groups excluding carboxylic acids is 1. The second-order valence-corrected chi connectivity index (χ2v) is 7.63. The lowest BCUT2D eigenvalue weighted by atomic mass is 10.0. The number of aliphatic hydroxyl groups is 1. The molecule has 2 aromatic rings. The molecule has 0 aromatic carbocycles. The third-order valence-corrected chi connectivity index (χ3v) is 5.83. The number of nitrogens with zero attached hydrogens (tertiary/aromatic N) is 5. The monoisotopic (exact) mass is 358 g/mol. The molecule has 0 bridgehead atoms. The first kappa shape index (κ1) is 17.2. The smallest absolute Gasteiger partial charge is 0.271 e. The third kappa shape index (κ3) is 3.38. The number of aliphatic hydroxyl groups excluding tert-OH is 1. The molecule has 4 rings (SSSR count). The molecule has 2 fully saturated rings. The van der Waals surface area contributed by atoms with Gasteiger partial charge in [-0.3, -0.25) is 9.48 Å². The van der Waals surface area contributed by atoms with Crippen molar-refractivity contribution in [3.8, 4) is 0 Å². The molecule has 0 aliphatic heterocycles. The second-order valence-electron chi connectivity index (χ2n) is 7.63. The van der Waals surface area contributed by atoms with Gasteiger partial charge in [0.1, 0.15) is 17.8 Å². The molecule has 2 heterocycles. The second kappa shape index (κ2) is 7.19. The Labute approximate surface area is 152 Å². The number of aryl methyl sites for hydroxylation is 1. The first-order valence-corrected chi connectivity index (χ1v) is 9.47. The molecule has 2 aliphatic carbocycles. The van der Waals surface area contributed by atoms with E-state index >= 15 is 0 Å². The van der Waals surface area contributed by atoms with Gasteiger partial charge in [0.05, 0.1) is 12.1 Å². The van der Waals surface area contributed by atoms with Gasteiger partial charge < -0.3 is 15.0 Å². The maximum Gasteiger partial charge on any atom is 0.271 e. The van der Waals surface area contributed by atoms with Crippen LogP contribution in [0.4, 0.5) is 0 Å². The molecule has 2 N–H and O–H groups in total. The molecule has 140 valence electrons. The van der Waals surface area contributed by atoms with Gasteiger partial charge in [0, 0.05) is 31.6 Å². The summed E-state index contributed by atoms with van der Waals surface area (Å²) in [6.45, 7) is 0.449.